The Morgan fingerprint density at radius 1 is 1.14 bits per heavy atom. The maximum absolute atomic E-state index is 6.18. The molecule has 2 rings (SSSR count). The number of para-hydroxylation sites is 1. The quantitative estimate of drug-likeness (QED) is 0.826. The maximum atomic E-state index is 6.18. The lowest BCUT2D eigenvalue weighted by Crippen LogP contribution is -2.25. The highest BCUT2D eigenvalue weighted by Crippen LogP contribution is 2.20. The van der Waals surface area contributed by atoms with E-state index in [4.69, 9.17) is 15.2 Å². The average Bonchev–Trinajstić information content (AvgIpc) is 2.48. The van der Waals surface area contributed by atoms with Gasteiger partial charge in [-0.1, -0.05) is 40.2 Å². The summed E-state index contributed by atoms with van der Waals surface area (Å²) in [5, 5.41) is 0. The van der Waals surface area contributed by atoms with Gasteiger partial charge in [-0.2, -0.15) is 0 Å². The largest absolute Gasteiger partial charge is 0.496 e. The van der Waals surface area contributed by atoms with E-state index < -0.39 is 0 Å². The Hall–Kier alpha value is -1.52. The van der Waals surface area contributed by atoms with Gasteiger partial charge in [0.25, 0.3) is 0 Å². The first-order chi connectivity index (χ1) is 10.2. The highest BCUT2D eigenvalue weighted by atomic mass is 79.9. The zero-order valence-corrected chi connectivity index (χ0v) is 13.7. The van der Waals surface area contributed by atoms with Gasteiger partial charge in [0.15, 0.2) is 0 Å². The topological polar surface area (TPSA) is 44.5 Å². The van der Waals surface area contributed by atoms with Crippen molar-refractivity contribution in [3.63, 3.8) is 0 Å². The fourth-order valence-electron chi connectivity index (χ4n) is 2.14. The van der Waals surface area contributed by atoms with Gasteiger partial charge in [0.1, 0.15) is 11.5 Å². The van der Waals surface area contributed by atoms with Gasteiger partial charge in [0.05, 0.1) is 13.7 Å². The molecule has 0 aliphatic carbocycles. The molecule has 0 heterocycles. The van der Waals surface area contributed by atoms with E-state index in [0.29, 0.717) is 6.61 Å². The Morgan fingerprint density at radius 2 is 1.95 bits per heavy atom. The monoisotopic (exact) mass is 349 g/mol. The van der Waals surface area contributed by atoms with E-state index in [2.05, 4.69) is 15.9 Å². The summed E-state index contributed by atoms with van der Waals surface area (Å²) in [6, 6.07) is 15.8. The third kappa shape index (κ3) is 5.06. The molecule has 0 aliphatic rings. The van der Waals surface area contributed by atoms with Crippen LogP contribution in [-0.4, -0.2) is 19.8 Å². The molecule has 2 aromatic carbocycles. The van der Waals surface area contributed by atoms with Crippen molar-refractivity contribution in [1.82, 2.24) is 0 Å². The van der Waals surface area contributed by atoms with Crippen LogP contribution in [0.4, 0.5) is 0 Å². The van der Waals surface area contributed by atoms with Crippen molar-refractivity contribution < 1.29 is 9.47 Å². The normalized spacial score (nSPS) is 12.0. The molecule has 3 nitrogen and oxygen atoms in total. The van der Waals surface area contributed by atoms with Crippen LogP contribution in [-0.2, 0) is 6.42 Å². The Labute approximate surface area is 134 Å². The molecule has 0 radical (unpaired) electrons. The standard InChI is InChI=1S/C17H20BrNO2/c1-20-17-8-3-2-5-13(17)11-15(19)9-10-21-16-7-4-6-14(18)12-16/h2-8,12,15H,9-11,19H2,1H3. The number of methoxy groups -OCH3 is 1. The smallest absolute Gasteiger partial charge is 0.122 e. The predicted octanol–water partition coefficient (Wildman–Crippen LogP) is 3.80. The summed E-state index contributed by atoms with van der Waals surface area (Å²) in [7, 11) is 1.68. The molecule has 0 saturated carbocycles. The second-order valence-corrected chi connectivity index (χ2v) is 5.79. The molecule has 0 aliphatic heterocycles. The van der Waals surface area contributed by atoms with Gasteiger partial charge >= 0.3 is 0 Å². The fourth-order valence-corrected chi connectivity index (χ4v) is 2.52. The number of benzene rings is 2. The molecule has 0 bridgehead atoms. The van der Waals surface area contributed by atoms with Crippen LogP contribution in [0.2, 0.25) is 0 Å². The van der Waals surface area contributed by atoms with Crippen molar-refractivity contribution in [2.75, 3.05) is 13.7 Å². The summed E-state index contributed by atoms with van der Waals surface area (Å²) in [6.07, 6.45) is 1.58. The van der Waals surface area contributed by atoms with E-state index in [0.717, 1.165) is 34.4 Å². The first-order valence-electron chi connectivity index (χ1n) is 6.95. The van der Waals surface area contributed by atoms with Crippen molar-refractivity contribution in [3.05, 3.63) is 58.6 Å². The van der Waals surface area contributed by atoms with Crippen molar-refractivity contribution in [3.8, 4) is 11.5 Å². The van der Waals surface area contributed by atoms with Crippen LogP contribution in [0.3, 0.4) is 0 Å². The number of halogens is 1. The van der Waals surface area contributed by atoms with Gasteiger partial charge in [-0.05, 0) is 42.7 Å². The minimum absolute atomic E-state index is 0.0495. The number of hydrogen-bond acceptors (Lipinski definition) is 3. The Kier molecular flexibility index (Phi) is 6.08. The van der Waals surface area contributed by atoms with Gasteiger partial charge in [-0.25, -0.2) is 0 Å². The van der Waals surface area contributed by atoms with Crippen LogP contribution in [0.25, 0.3) is 0 Å². The fraction of sp³-hybridized carbons (Fsp3) is 0.294. The van der Waals surface area contributed by atoms with E-state index in [1.54, 1.807) is 7.11 Å². The van der Waals surface area contributed by atoms with Crippen molar-refractivity contribution in [2.24, 2.45) is 5.73 Å². The second kappa shape index (κ2) is 8.05. The third-order valence-corrected chi connectivity index (χ3v) is 3.72. The highest BCUT2D eigenvalue weighted by Gasteiger charge is 2.08. The lowest BCUT2D eigenvalue weighted by Gasteiger charge is -2.14. The van der Waals surface area contributed by atoms with Crippen LogP contribution >= 0.6 is 15.9 Å². The van der Waals surface area contributed by atoms with Gasteiger partial charge in [-0.3, -0.25) is 0 Å². The number of ether oxygens (including phenoxy) is 2. The number of nitrogens with two attached hydrogens (primary N) is 1. The first-order valence-corrected chi connectivity index (χ1v) is 7.74. The number of rotatable bonds is 7. The Morgan fingerprint density at radius 3 is 2.71 bits per heavy atom. The molecule has 1 atom stereocenters. The van der Waals surface area contributed by atoms with Crippen molar-refractivity contribution in [2.45, 2.75) is 18.9 Å². The SMILES string of the molecule is COc1ccccc1CC(N)CCOc1cccc(Br)c1. The molecule has 2 N–H and O–H groups in total. The molecule has 112 valence electrons. The van der Waals surface area contributed by atoms with Crippen LogP contribution in [0.1, 0.15) is 12.0 Å². The third-order valence-electron chi connectivity index (χ3n) is 3.23. The summed E-state index contributed by atoms with van der Waals surface area (Å²) >= 11 is 3.42. The van der Waals surface area contributed by atoms with Crippen LogP contribution in [0.15, 0.2) is 53.0 Å². The second-order valence-electron chi connectivity index (χ2n) is 4.87. The molecule has 1 unspecified atom stereocenters. The molecular formula is C17H20BrNO2. The van der Waals surface area contributed by atoms with Gasteiger partial charge < -0.3 is 15.2 Å². The molecule has 21 heavy (non-hydrogen) atoms. The maximum Gasteiger partial charge on any atom is 0.122 e. The molecule has 0 aromatic heterocycles. The van der Waals surface area contributed by atoms with Gasteiger partial charge in [0.2, 0.25) is 0 Å². The Balaban J connectivity index is 1.81. The summed E-state index contributed by atoms with van der Waals surface area (Å²) in [6.45, 7) is 0.604. The minimum Gasteiger partial charge on any atom is -0.496 e. The molecule has 0 spiro atoms. The van der Waals surface area contributed by atoms with Gasteiger partial charge in [-0.15, -0.1) is 0 Å². The number of hydrogen-bond donors (Lipinski definition) is 1. The molecular weight excluding hydrogens is 330 g/mol. The highest BCUT2D eigenvalue weighted by molar-refractivity contribution is 9.10. The van der Waals surface area contributed by atoms with Gasteiger partial charge in [0, 0.05) is 10.5 Å². The summed E-state index contributed by atoms with van der Waals surface area (Å²) in [4.78, 5) is 0. The zero-order chi connectivity index (χ0) is 15.1. The lowest BCUT2D eigenvalue weighted by molar-refractivity contribution is 0.296. The van der Waals surface area contributed by atoms with E-state index >= 15 is 0 Å². The van der Waals surface area contributed by atoms with Crippen molar-refractivity contribution in [1.29, 1.82) is 0 Å². The lowest BCUT2D eigenvalue weighted by atomic mass is 10.0. The summed E-state index contributed by atoms with van der Waals surface area (Å²) in [5.74, 6) is 1.75. The molecule has 4 heteroatoms. The van der Waals surface area contributed by atoms with E-state index in [9.17, 15) is 0 Å². The van der Waals surface area contributed by atoms with Crippen LogP contribution in [0, 0.1) is 0 Å². The summed E-state index contributed by atoms with van der Waals surface area (Å²) in [5.41, 5.74) is 7.31. The molecule has 0 fully saturated rings. The average molecular weight is 350 g/mol. The van der Waals surface area contributed by atoms with Crippen LogP contribution in [0.5, 0.6) is 11.5 Å². The molecule has 0 saturated heterocycles. The van der Waals surface area contributed by atoms with E-state index in [1.807, 2.05) is 48.5 Å². The predicted molar refractivity (Wildman–Crippen MR) is 88.9 cm³/mol. The molecule has 2 aromatic rings. The zero-order valence-electron chi connectivity index (χ0n) is 12.1. The first kappa shape index (κ1) is 15.9. The summed E-state index contributed by atoms with van der Waals surface area (Å²) < 4.78 is 12.1. The van der Waals surface area contributed by atoms with E-state index in [1.165, 1.54) is 0 Å². The molecule has 0 amide bonds. The van der Waals surface area contributed by atoms with Crippen molar-refractivity contribution >= 4 is 15.9 Å². The van der Waals surface area contributed by atoms with E-state index in [-0.39, 0.29) is 6.04 Å². The van der Waals surface area contributed by atoms with Crippen LogP contribution < -0.4 is 15.2 Å². The Bertz CT molecular complexity index is 574. The minimum atomic E-state index is 0.0495.